The highest BCUT2D eigenvalue weighted by atomic mass is 32.2. The molecule has 2 bridgehead atoms. The van der Waals surface area contributed by atoms with E-state index in [0.29, 0.717) is 36.8 Å². The Morgan fingerprint density at radius 2 is 1.77 bits per heavy atom. The van der Waals surface area contributed by atoms with Gasteiger partial charge in [0, 0.05) is 55.6 Å². The first-order chi connectivity index (χ1) is 17.2. The summed E-state index contributed by atoms with van der Waals surface area (Å²) in [7, 11) is 0. The zero-order valence-electron chi connectivity index (χ0n) is 20.7. The second-order valence-electron chi connectivity index (χ2n) is 9.91. The predicted octanol–water partition coefficient (Wildman–Crippen LogP) is 5.55. The quantitative estimate of drug-likeness (QED) is 0.531. The molecule has 1 amide bonds. The van der Waals surface area contributed by atoms with E-state index in [2.05, 4.69) is 28.0 Å². The molecule has 0 spiro atoms. The summed E-state index contributed by atoms with van der Waals surface area (Å²) in [5.74, 6) is 2.86. The van der Waals surface area contributed by atoms with Crippen LogP contribution in [0.2, 0.25) is 0 Å². The van der Waals surface area contributed by atoms with Crippen LogP contribution in [0.25, 0.3) is 0 Å². The first-order valence-electron chi connectivity index (χ1n) is 13.1. The second-order valence-corrected chi connectivity index (χ2v) is 11.1. The van der Waals surface area contributed by atoms with Crippen LogP contribution in [0.4, 0.5) is 11.4 Å². The molecule has 4 heterocycles. The topological polar surface area (TPSA) is 48.4 Å². The Hall–Kier alpha value is -2.51. The molecule has 0 aliphatic carbocycles. The van der Waals surface area contributed by atoms with Gasteiger partial charge < -0.3 is 14.5 Å². The van der Waals surface area contributed by atoms with Crippen molar-refractivity contribution in [3.63, 3.8) is 0 Å². The van der Waals surface area contributed by atoms with Gasteiger partial charge in [0.15, 0.2) is 11.5 Å². The fraction of sp³-hybridized carbons (Fsp3) is 0.500. The standard InChI is InChI=1S/C28H34N4O2S/c1-3-30(4-2)28(33)19-9-12-24-26(15-19)34-25-8-6-5-7-23(25)32(24)22-16-20-10-11-21(17-22)31(20)18-27-29-13-14-35-27/h5-9,12,15,20-22H,3-4,10-11,13-14,16-18H2,1-2H3/t20-,21+,22-. The number of fused-ring (bicyclic) bond motifs is 4. The molecule has 3 atom stereocenters. The lowest BCUT2D eigenvalue weighted by Gasteiger charge is -2.46. The summed E-state index contributed by atoms with van der Waals surface area (Å²) in [6.07, 6.45) is 4.83. The van der Waals surface area contributed by atoms with Crippen molar-refractivity contribution in [2.24, 2.45) is 4.99 Å². The number of hydrogen-bond acceptors (Lipinski definition) is 6. The van der Waals surface area contributed by atoms with Gasteiger partial charge in [-0.05, 0) is 69.9 Å². The first kappa shape index (κ1) is 22.9. The Balaban J connectivity index is 1.31. The lowest BCUT2D eigenvalue weighted by atomic mass is 9.93. The summed E-state index contributed by atoms with van der Waals surface area (Å²) in [5, 5.41) is 1.33. The third-order valence-electron chi connectivity index (χ3n) is 8.05. The van der Waals surface area contributed by atoms with Gasteiger partial charge in [0.25, 0.3) is 5.91 Å². The fourth-order valence-electron chi connectivity index (χ4n) is 6.35. The number of carbonyl (C=O) groups excluding carboxylic acids is 1. The summed E-state index contributed by atoms with van der Waals surface area (Å²) in [5.41, 5.74) is 2.90. The van der Waals surface area contributed by atoms with Crippen molar-refractivity contribution in [1.29, 1.82) is 0 Å². The fourth-order valence-corrected chi connectivity index (χ4v) is 7.19. The number of thioether (sulfide) groups is 1. The average molecular weight is 491 g/mol. The molecule has 2 saturated heterocycles. The monoisotopic (exact) mass is 490 g/mol. The molecule has 6 nitrogen and oxygen atoms in total. The van der Waals surface area contributed by atoms with Crippen LogP contribution >= 0.6 is 11.8 Å². The number of nitrogens with zero attached hydrogens (tertiary/aromatic N) is 4. The minimum Gasteiger partial charge on any atom is -0.453 e. The molecule has 7 heteroatoms. The maximum Gasteiger partial charge on any atom is 0.253 e. The minimum atomic E-state index is 0.0610. The molecule has 0 aromatic heterocycles. The maximum absolute atomic E-state index is 13.0. The molecular weight excluding hydrogens is 456 g/mol. The van der Waals surface area contributed by atoms with Gasteiger partial charge >= 0.3 is 0 Å². The molecule has 4 aliphatic rings. The molecule has 4 aliphatic heterocycles. The number of para-hydroxylation sites is 2. The SMILES string of the molecule is CCN(CC)C(=O)c1ccc2c(c1)Oc1ccccc1N2[C@@H]1C[C@H]2CC[C@@H](C1)N2CC1=NCCS1. The van der Waals surface area contributed by atoms with E-state index < -0.39 is 0 Å². The van der Waals surface area contributed by atoms with Gasteiger partial charge in [-0.2, -0.15) is 0 Å². The zero-order chi connectivity index (χ0) is 23.9. The van der Waals surface area contributed by atoms with E-state index in [1.165, 1.54) is 17.9 Å². The van der Waals surface area contributed by atoms with Crippen molar-refractivity contribution in [2.45, 2.75) is 57.7 Å². The van der Waals surface area contributed by atoms with Crippen molar-refractivity contribution in [3.05, 3.63) is 48.0 Å². The van der Waals surface area contributed by atoms with Gasteiger partial charge in [-0.25, -0.2) is 0 Å². The molecule has 2 aromatic rings. The maximum atomic E-state index is 13.0. The molecule has 35 heavy (non-hydrogen) atoms. The van der Waals surface area contributed by atoms with E-state index in [-0.39, 0.29) is 5.91 Å². The largest absolute Gasteiger partial charge is 0.453 e. The third-order valence-corrected chi connectivity index (χ3v) is 9.03. The van der Waals surface area contributed by atoms with Crippen LogP contribution in [0, 0.1) is 0 Å². The van der Waals surface area contributed by atoms with E-state index in [9.17, 15) is 4.79 Å². The number of rotatable bonds is 6. The number of aliphatic imine (C=N–C) groups is 1. The summed E-state index contributed by atoms with van der Waals surface area (Å²) >= 11 is 1.94. The second kappa shape index (κ2) is 9.51. The van der Waals surface area contributed by atoms with E-state index >= 15 is 0 Å². The zero-order valence-corrected chi connectivity index (χ0v) is 21.5. The number of hydrogen-bond donors (Lipinski definition) is 0. The van der Waals surface area contributed by atoms with Gasteiger partial charge in [-0.15, -0.1) is 11.8 Å². The van der Waals surface area contributed by atoms with Crippen molar-refractivity contribution >= 4 is 34.1 Å². The van der Waals surface area contributed by atoms with Crippen molar-refractivity contribution in [3.8, 4) is 11.5 Å². The molecule has 0 unspecified atom stereocenters. The lowest BCUT2D eigenvalue weighted by molar-refractivity contribution is 0.0772. The predicted molar refractivity (Wildman–Crippen MR) is 144 cm³/mol. The van der Waals surface area contributed by atoms with Crippen molar-refractivity contribution in [1.82, 2.24) is 9.80 Å². The Bertz CT molecular complexity index is 1130. The summed E-state index contributed by atoms with van der Waals surface area (Å²) in [6.45, 7) is 7.45. The normalized spacial score (nSPS) is 25.0. The van der Waals surface area contributed by atoms with Gasteiger partial charge in [-0.1, -0.05) is 12.1 Å². The Kier molecular flexibility index (Phi) is 6.23. The van der Waals surface area contributed by atoms with Crippen molar-refractivity contribution in [2.75, 3.05) is 36.8 Å². The van der Waals surface area contributed by atoms with Crippen LogP contribution in [0.15, 0.2) is 47.5 Å². The molecule has 6 rings (SSSR count). The van der Waals surface area contributed by atoms with Gasteiger partial charge in [0.1, 0.15) is 0 Å². The number of benzene rings is 2. The van der Waals surface area contributed by atoms with Crippen molar-refractivity contribution < 1.29 is 9.53 Å². The van der Waals surface area contributed by atoms with Gasteiger partial charge in [-0.3, -0.25) is 14.7 Å². The molecule has 0 N–H and O–H groups in total. The van der Waals surface area contributed by atoms with E-state index in [0.717, 1.165) is 54.6 Å². The molecule has 2 fully saturated rings. The van der Waals surface area contributed by atoms with Crippen LogP contribution < -0.4 is 9.64 Å². The highest BCUT2D eigenvalue weighted by Crippen LogP contribution is 2.51. The van der Waals surface area contributed by atoms with Crippen LogP contribution in [0.3, 0.4) is 0 Å². The summed E-state index contributed by atoms with van der Waals surface area (Å²) < 4.78 is 6.37. The van der Waals surface area contributed by atoms with Gasteiger partial charge in [0.05, 0.1) is 16.4 Å². The van der Waals surface area contributed by atoms with E-state index in [1.807, 2.05) is 54.8 Å². The Morgan fingerprint density at radius 1 is 1.03 bits per heavy atom. The lowest BCUT2D eigenvalue weighted by Crippen LogP contribution is -2.51. The number of piperidine rings is 1. The number of ether oxygens (including phenoxy) is 1. The minimum absolute atomic E-state index is 0.0610. The Labute approximate surface area is 212 Å². The molecule has 0 radical (unpaired) electrons. The van der Waals surface area contributed by atoms with Crippen LogP contribution in [-0.2, 0) is 0 Å². The Morgan fingerprint density at radius 3 is 2.49 bits per heavy atom. The molecular formula is C28H34N4O2S. The molecule has 2 aromatic carbocycles. The van der Waals surface area contributed by atoms with E-state index in [1.54, 1.807) is 0 Å². The number of carbonyl (C=O) groups is 1. The van der Waals surface area contributed by atoms with Gasteiger partial charge in [0.2, 0.25) is 0 Å². The van der Waals surface area contributed by atoms with Crippen LogP contribution in [0.1, 0.15) is 49.9 Å². The first-order valence-corrected chi connectivity index (χ1v) is 14.1. The van der Waals surface area contributed by atoms with E-state index in [4.69, 9.17) is 9.73 Å². The summed E-state index contributed by atoms with van der Waals surface area (Å²) in [4.78, 5) is 24.8. The molecule has 184 valence electrons. The number of anilines is 2. The average Bonchev–Trinajstić information content (AvgIpc) is 3.47. The third kappa shape index (κ3) is 4.12. The highest BCUT2D eigenvalue weighted by Gasteiger charge is 2.44. The number of amides is 1. The highest BCUT2D eigenvalue weighted by molar-refractivity contribution is 8.14. The van der Waals surface area contributed by atoms with Crippen LogP contribution in [-0.4, -0.2) is 70.8 Å². The smallest absolute Gasteiger partial charge is 0.253 e. The molecule has 0 saturated carbocycles. The summed E-state index contributed by atoms with van der Waals surface area (Å²) in [6, 6.07) is 16.0. The van der Waals surface area contributed by atoms with Crippen LogP contribution in [0.5, 0.6) is 11.5 Å².